The van der Waals surface area contributed by atoms with Gasteiger partial charge in [0.1, 0.15) is 12.1 Å². The molecule has 0 radical (unpaired) electrons. The molecule has 4 nitrogen and oxygen atoms in total. The first-order valence-corrected chi connectivity index (χ1v) is 1.95. The third-order valence-corrected chi connectivity index (χ3v) is 0.469. The fraction of sp³-hybridized carbons (Fsp3) is 0. The van der Waals surface area contributed by atoms with Gasteiger partial charge >= 0.3 is 0 Å². The van der Waals surface area contributed by atoms with Crippen LogP contribution in [0, 0.1) is 0 Å². The summed E-state index contributed by atoms with van der Waals surface area (Å²) < 4.78 is 5.69. The predicted molar refractivity (Wildman–Crippen MR) is 23.8 cm³/mol. The molecule has 0 aromatic rings. The minimum Gasteiger partial charge on any atom is -0.210 e. The van der Waals surface area contributed by atoms with Gasteiger partial charge in [0.15, 0.2) is 0 Å². The van der Waals surface area contributed by atoms with Crippen LogP contribution >= 0.6 is 12.1 Å². The van der Waals surface area contributed by atoms with Gasteiger partial charge in [0.25, 0.3) is 0 Å². The van der Waals surface area contributed by atoms with E-state index in [1.165, 1.54) is 12.2 Å². The monoisotopic (exact) mass is 180 g/mol. The molecule has 0 aliphatic heterocycles. The molecule has 0 aliphatic carbocycles. The maximum Gasteiger partial charge on any atom is 0.249 e. The van der Waals surface area contributed by atoms with E-state index in [9.17, 15) is 9.59 Å². The van der Waals surface area contributed by atoms with Crippen molar-refractivity contribution in [3.05, 3.63) is 0 Å². The molecule has 8 heavy (non-hydrogen) atoms. The molecule has 0 spiro atoms. The largest absolute Gasteiger partial charge is 0.249 e. The fourth-order valence-corrected chi connectivity index (χ4v) is 0.161. The minimum absolute atomic E-state index is 0. The molecular weight excluding hydrogens is 181 g/mol. The van der Waals surface area contributed by atoms with Gasteiger partial charge in [0, 0.05) is 19.5 Å². The molecule has 0 N–H and O–H groups in total. The molecule has 0 aromatic carbocycles. The molecule has 0 heterocycles. The molecule has 0 aliphatic rings. The fourth-order valence-electron chi connectivity index (χ4n) is 0.0537. The SMILES string of the molecule is O=C=NSN=C=O.[Zn]. The quantitative estimate of drug-likeness (QED) is 0.265. The van der Waals surface area contributed by atoms with Crippen LogP contribution in [0.2, 0.25) is 0 Å². The average Bonchev–Trinajstić information content (AvgIpc) is 1.69. The number of nitrogens with zero attached hydrogens (tertiary/aromatic N) is 2. The van der Waals surface area contributed by atoms with Gasteiger partial charge in [-0.15, -0.1) is 8.80 Å². The van der Waals surface area contributed by atoms with Crippen LogP contribution in [0.4, 0.5) is 0 Å². The molecule has 0 aromatic heterocycles. The van der Waals surface area contributed by atoms with Gasteiger partial charge in [-0.3, -0.25) is 0 Å². The Kier molecular flexibility index (Phi) is 13.2. The first-order valence-electron chi connectivity index (χ1n) is 1.22. The van der Waals surface area contributed by atoms with Crippen LogP contribution in [0.25, 0.3) is 0 Å². The molecule has 0 rings (SSSR count). The molecule has 38 valence electrons. The van der Waals surface area contributed by atoms with Crippen molar-refractivity contribution in [2.45, 2.75) is 0 Å². The van der Waals surface area contributed by atoms with Gasteiger partial charge in [-0.1, -0.05) is 0 Å². The first kappa shape index (κ1) is 10.7. The zero-order chi connectivity index (χ0) is 5.54. The first-order chi connectivity index (χ1) is 3.41. The maximum absolute atomic E-state index is 9.18. The van der Waals surface area contributed by atoms with E-state index in [2.05, 4.69) is 8.80 Å². The Labute approximate surface area is 62.5 Å². The molecule has 0 fully saturated rings. The van der Waals surface area contributed by atoms with Gasteiger partial charge < -0.3 is 0 Å². The summed E-state index contributed by atoms with van der Waals surface area (Å²) in [7, 11) is 0. The molecule has 0 unspecified atom stereocenters. The van der Waals surface area contributed by atoms with Crippen LogP contribution in [0.1, 0.15) is 0 Å². The van der Waals surface area contributed by atoms with E-state index in [4.69, 9.17) is 0 Å². The third kappa shape index (κ3) is 9.22. The molecule has 0 bridgehead atoms. The number of carbonyl (C=O) groups excluding carboxylic acids is 2. The van der Waals surface area contributed by atoms with Crippen molar-refractivity contribution in [3.63, 3.8) is 0 Å². The van der Waals surface area contributed by atoms with Crippen molar-refractivity contribution in [3.8, 4) is 0 Å². The Morgan fingerprint density at radius 2 is 1.50 bits per heavy atom. The van der Waals surface area contributed by atoms with Crippen molar-refractivity contribution in [2.24, 2.45) is 8.80 Å². The third-order valence-electron chi connectivity index (χ3n) is 0.156. The topological polar surface area (TPSA) is 58.9 Å². The average molecular weight is 181 g/mol. The van der Waals surface area contributed by atoms with Crippen molar-refractivity contribution in [1.82, 2.24) is 0 Å². The zero-order valence-corrected chi connectivity index (χ0v) is 7.61. The summed E-state index contributed by atoms with van der Waals surface area (Å²) >= 11 is 0.456. The summed E-state index contributed by atoms with van der Waals surface area (Å²) in [4.78, 5) is 18.4. The van der Waals surface area contributed by atoms with E-state index in [0.717, 1.165) is 0 Å². The predicted octanol–water partition coefficient (Wildman–Crippen LogP) is 0.219. The number of rotatable bonds is 2. The second-order valence-electron chi connectivity index (χ2n) is 0.447. The van der Waals surface area contributed by atoms with Crippen molar-refractivity contribution in [2.75, 3.05) is 0 Å². The molecule has 0 atom stereocenters. The van der Waals surface area contributed by atoms with Gasteiger partial charge in [-0.05, 0) is 0 Å². The van der Waals surface area contributed by atoms with Crippen molar-refractivity contribution >= 4 is 24.3 Å². The van der Waals surface area contributed by atoms with E-state index in [1.807, 2.05) is 0 Å². The van der Waals surface area contributed by atoms with E-state index in [1.54, 1.807) is 0 Å². The molecule has 6 heteroatoms. The summed E-state index contributed by atoms with van der Waals surface area (Å²) in [5, 5.41) is 0. The summed E-state index contributed by atoms with van der Waals surface area (Å²) in [6, 6.07) is 0. The van der Waals surface area contributed by atoms with E-state index >= 15 is 0 Å². The Balaban J connectivity index is 0. The van der Waals surface area contributed by atoms with Crippen LogP contribution in [-0.4, -0.2) is 12.2 Å². The van der Waals surface area contributed by atoms with Gasteiger partial charge in [-0.2, -0.15) is 0 Å². The summed E-state index contributed by atoms with van der Waals surface area (Å²) in [5.74, 6) is 0. The smallest absolute Gasteiger partial charge is 0.210 e. The van der Waals surface area contributed by atoms with E-state index in [-0.39, 0.29) is 19.5 Å². The van der Waals surface area contributed by atoms with Crippen LogP contribution in [0.15, 0.2) is 8.80 Å². The molecule has 0 saturated heterocycles. The number of isocyanates is 2. The van der Waals surface area contributed by atoms with Gasteiger partial charge in [0.05, 0.1) is 0 Å². The number of hydrogen-bond acceptors (Lipinski definition) is 5. The van der Waals surface area contributed by atoms with Crippen LogP contribution in [-0.2, 0) is 29.1 Å². The van der Waals surface area contributed by atoms with E-state index in [0.29, 0.717) is 12.1 Å². The molecular formula is C2N2O2SZn. The second-order valence-corrected chi connectivity index (χ2v) is 0.975. The van der Waals surface area contributed by atoms with Crippen molar-refractivity contribution in [1.29, 1.82) is 0 Å². The minimum atomic E-state index is 0. The van der Waals surface area contributed by atoms with Crippen LogP contribution in [0.3, 0.4) is 0 Å². The van der Waals surface area contributed by atoms with Gasteiger partial charge in [0.2, 0.25) is 12.2 Å². The standard InChI is InChI=1S/C2N2O2S.Zn/c5-1-3-7-4-2-6;. The normalized spacial score (nSPS) is 5.00. The Morgan fingerprint density at radius 1 is 1.12 bits per heavy atom. The summed E-state index contributed by atoms with van der Waals surface area (Å²) in [6.07, 6.45) is 2.34. The van der Waals surface area contributed by atoms with Crippen LogP contribution < -0.4 is 0 Å². The van der Waals surface area contributed by atoms with Crippen molar-refractivity contribution < 1.29 is 29.1 Å². The Hall–Kier alpha value is -0.267. The maximum atomic E-state index is 9.18. The Morgan fingerprint density at radius 3 is 1.75 bits per heavy atom. The molecule has 0 saturated carbocycles. The Bertz CT molecular complexity index is 121. The van der Waals surface area contributed by atoms with E-state index < -0.39 is 0 Å². The summed E-state index contributed by atoms with van der Waals surface area (Å²) in [5.41, 5.74) is 0. The van der Waals surface area contributed by atoms with Crippen LogP contribution in [0.5, 0.6) is 0 Å². The summed E-state index contributed by atoms with van der Waals surface area (Å²) in [6.45, 7) is 0. The van der Waals surface area contributed by atoms with Gasteiger partial charge in [-0.25, -0.2) is 9.59 Å². The zero-order valence-electron chi connectivity index (χ0n) is 3.83. The molecule has 0 amide bonds. The second kappa shape index (κ2) is 9.88. The number of hydrogen-bond donors (Lipinski definition) is 0.